The summed E-state index contributed by atoms with van der Waals surface area (Å²) < 4.78 is 3.55. The van der Waals surface area contributed by atoms with Gasteiger partial charge in [0.05, 0.1) is 11.0 Å². The van der Waals surface area contributed by atoms with Gasteiger partial charge >= 0.3 is 0 Å². The molecule has 1 aliphatic carbocycles. The monoisotopic (exact) mass is 340 g/mol. The van der Waals surface area contributed by atoms with Gasteiger partial charge in [0.2, 0.25) is 0 Å². The highest BCUT2D eigenvalue weighted by Gasteiger charge is 2.39. The van der Waals surface area contributed by atoms with Crippen molar-refractivity contribution in [1.82, 2.24) is 9.55 Å². The lowest BCUT2D eigenvalue weighted by molar-refractivity contribution is 0.600. The van der Waals surface area contributed by atoms with Crippen LogP contribution in [0.4, 0.5) is 0 Å². The van der Waals surface area contributed by atoms with E-state index < -0.39 is 0 Å². The third-order valence-electron chi connectivity index (χ3n) is 3.92. The zero-order chi connectivity index (χ0) is 13.4. The van der Waals surface area contributed by atoms with Gasteiger partial charge in [-0.2, -0.15) is 0 Å². The summed E-state index contributed by atoms with van der Waals surface area (Å²) in [6, 6.07) is 6.96. The van der Waals surface area contributed by atoms with Crippen LogP contribution in [-0.4, -0.2) is 15.4 Å². The number of rotatable bonds is 5. The number of alkyl halides is 1. The molecule has 19 heavy (non-hydrogen) atoms. The number of benzene rings is 1. The Bertz CT molecular complexity index is 593. The maximum atomic E-state index is 5.93. The van der Waals surface area contributed by atoms with Crippen LogP contribution < -0.4 is 0 Å². The van der Waals surface area contributed by atoms with Crippen molar-refractivity contribution in [2.75, 3.05) is 5.88 Å². The molecule has 2 aromatic rings. The summed E-state index contributed by atoms with van der Waals surface area (Å²) in [5.41, 5.74) is 2.34. The van der Waals surface area contributed by atoms with Crippen LogP contribution in [0.15, 0.2) is 22.7 Å². The number of nitrogens with zero attached hydrogens (tertiary/aromatic N) is 2. The van der Waals surface area contributed by atoms with E-state index in [4.69, 9.17) is 16.6 Å². The Hall–Kier alpha value is -0.540. The van der Waals surface area contributed by atoms with Gasteiger partial charge in [-0.1, -0.05) is 29.3 Å². The van der Waals surface area contributed by atoms with Crippen LogP contribution in [0.3, 0.4) is 0 Å². The summed E-state index contributed by atoms with van der Waals surface area (Å²) in [4.78, 5) is 4.76. The normalized spacial score (nSPS) is 22.1. The van der Waals surface area contributed by atoms with Crippen LogP contribution in [0.1, 0.15) is 38.1 Å². The van der Waals surface area contributed by atoms with Crippen molar-refractivity contribution in [1.29, 1.82) is 0 Å². The number of halogens is 2. The molecule has 3 rings (SSSR count). The largest absolute Gasteiger partial charge is 0.325 e. The number of aryl methyl sites for hydroxylation is 1. The van der Waals surface area contributed by atoms with Gasteiger partial charge < -0.3 is 4.57 Å². The van der Waals surface area contributed by atoms with E-state index in [2.05, 4.69) is 45.6 Å². The maximum Gasteiger partial charge on any atom is 0.111 e. The standard InChI is InChI=1S/C15H18BrClN2/c1-2-3-10-8-13(10)19-14-9-11(16)4-5-12(14)18-15(19)6-7-17/h4-5,9-10,13H,2-3,6-8H2,1H3. The number of hydrogen-bond acceptors (Lipinski definition) is 1. The van der Waals surface area contributed by atoms with Crippen LogP contribution in [0.5, 0.6) is 0 Å². The first-order chi connectivity index (χ1) is 9.24. The van der Waals surface area contributed by atoms with Gasteiger partial charge in [0, 0.05) is 22.8 Å². The molecule has 4 heteroatoms. The molecule has 0 spiro atoms. The predicted molar refractivity (Wildman–Crippen MR) is 83.9 cm³/mol. The summed E-state index contributed by atoms with van der Waals surface area (Å²) in [7, 11) is 0. The third-order valence-corrected chi connectivity index (χ3v) is 4.60. The molecule has 0 N–H and O–H groups in total. The SMILES string of the molecule is CCCC1CC1n1c(CCCl)nc2ccc(Br)cc21. The van der Waals surface area contributed by atoms with Crippen molar-refractivity contribution in [3.05, 3.63) is 28.5 Å². The van der Waals surface area contributed by atoms with Gasteiger partial charge in [-0.3, -0.25) is 0 Å². The van der Waals surface area contributed by atoms with Crippen molar-refractivity contribution < 1.29 is 0 Å². The number of imidazole rings is 1. The molecule has 1 heterocycles. The molecule has 2 unspecified atom stereocenters. The quantitative estimate of drug-likeness (QED) is 0.704. The average molecular weight is 342 g/mol. The molecule has 1 saturated carbocycles. The molecule has 1 aromatic carbocycles. The summed E-state index contributed by atoms with van der Waals surface area (Å²) in [5, 5.41) is 0. The molecule has 1 aliphatic rings. The smallest absolute Gasteiger partial charge is 0.111 e. The molecular weight excluding hydrogens is 324 g/mol. The average Bonchev–Trinajstić information content (AvgIpc) is 3.03. The zero-order valence-electron chi connectivity index (χ0n) is 11.1. The minimum absolute atomic E-state index is 0.635. The minimum Gasteiger partial charge on any atom is -0.325 e. The first kappa shape index (κ1) is 13.4. The molecule has 0 aliphatic heterocycles. The molecule has 0 amide bonds. The van der Waals surface area contributed by atoms with Crippen molar-refractivity contribution in [2.24, 2.45) is 5.92 Å². The Morgan fingerprint density at radius 1 is 1.47 bits per heavy atom. The summed E-state index contributed by atoms with van der Waals surface area (Å²) in [5.74, 6) is 2.61. The number of aromatic nitrogens is 2. The second-order valence-corrected chi connectivity index (χ2v) is 6.62. The fourth-order valence-corrected chi connectivity index (χ4v) is 3.49. The first-order valence-corrected chi connectivity index (χ1v) is 8.29. The van der Waals surface area contributed by atoms with E-state index in [1.54, 1.807) is 0 Å². The topological polar surface area (TPSA) is 17.8 Å². The Balaban J connectivity index is 2.04. The van der Waals surface area contributed by atoms with E-state index in [1.165, 1.54) is 24.8 Å². The highest BCUT2D eigenvalue weighted by Crippen LogP contribution is 2.48. The van der Waals surface area contributed by atoms with Crippen molar-refractivity contribution in [2.45, 2.75) is 38.6 Å². The van der Waals surface area contributed by atoms with E-state index in [0.717, 1.165) is 28.2 Å². The Morgan fingerprint density at radius 3 is 3.05 bits per heavy atom. The van der Waals surface area contributed by atoms with E-state index >= 15 is 0 Å². The Kier molecular flexibility index (Phi) is 3.86. The van der Waals surface area contributed by atoms with Gasteiger partial charge in [0.15, 0.2) is 0 Å². The van der Waals surface area contributed by atoms with Crippen molar-refractivity contribution in [3.8, 4) is 0 Å². The van der Waals surface area contributed by atoms with E-state index in [9.17, 15) is 0 Å². The molecule has 1 aromatic heterocycles. The third kappa shape index (κ3) is 2.55. The molecule has 102 valence electrons. The molecule has 2 atom stereocenters. The summed E-state index contributed by atoms with van der Waals surface area (Å²) in [6.07, 6.45) is 4.73. The molecule has 1 fully saturated rings. The maximum absolute atomic E-state index is 5.93. The molecular formula is C15H18BrClN2. The van der Waals surface area contributed by atoms with Crippen LogP contribution in [-0.2, 0) is 6.42 Å². The van der Waals surface area contributed by atoms with E-state index in [-0.39, 0.29) is 0 Å². The van der Waals surface area contributed by atoms with Gasteiger partial charge in [0.1, 0.15) is 5.82 Å². The lowest BCUT2D eigenvalue weighted by Gasteiger charge is -2.08. The molecule has 0 bridgehead atoms. The molecule has 2 nitrogen and oxygen atoms in total. The van der Waals surface area contributed by atoms with Gasteiger partial charge in [-0.15, -0.1) is 11.6 Å². The van der Waals surface area contributed by atoms with Crippen molar-refractivity contribution >= 4 is 38.6 Å². The summed E-state index contributed by atoms with van der Waals surface area (Å²) in [6.45, 7) is 2.26. The van der Waals surface area contributed by atoms with Gasteiger partial charge in [-0.05, 0) is 37.0 Å². The van der Waals surface area contributed by atoms with Crippen molar-refractivity contribution in [3.63, 3.8) is 0 Å². The zero-order valence-corrected chi connectivity index (χ0v) is 13.4. The fraction of sp³-hybridized carbons (Fsp3) is 0.533. The summed E-state index contributed by atoms with van der Waals surface area (Å²) >= 11 is 9.49. The Morgan fingerprint density at radius 2 is 2.32 bits per heavy atom. The van der Waals surface area contributed by atoms with Crippen LogP contribution in [0.2, 0.25) is 0 Å². The number of fused-ring (bicyclic) bond motifs is 1. The molecule has 0 saturated heterocycles. The Labute approximate surface area is 127 Å². The van der Waals surface area contributed by atoms with Crippen LogP contribution in [0.25, 0.3) is 11.0 Å². The molecule has 0 radical (unpaired) electrons. The highest BCUT2D eigenvalue weighted by molar-refractivity contribution is 9.10. The fourth-order valence-electron chi connectivity index (χ4n) is 2.98. The van der Waals surface area contributed by atoms with Crippen LogP contribution in [0, 0.1) is 5.92 Å². The van der Waals surface area contributed by atoms with Crippen LogP contribution >= 0.6 is 27.5 Å². The lowest BCUT2D eigenvalue weighted by Crippen LogP contribution is -2.04. The first-order valence-electron chi connectivity index (χ1n) is 6.97. The second kappa shape index (κ2) is 5.45. The predicted octanol–water partition coefficient (Wildman–Crippen LogP) is 4.94. The number of hydrogen-bond donors (Lipinski definition) is 0. The van der Waals surface area contributed by atoms with E-state index in [0.29, 0.717) is 11.9 Å². The van der Waals surface area contributed by atoms with Gasteiger partial charge in [-0.25, -0.2) is 4.98 Å². The van der Waals surface area contributed by atoms with E-state index in [1.807, 2.05) is 0 Å². The lowest BCUT2D eigenvalue weighted by atomic mass is 10.2. The minimum atomic E-state index is 0.635. The van der Waals surface area contributed by atoms with Gasteiger partial charge in [0.25, 0.3) is 0 Å². The second-order valence-electron chi connectivity index (χ2n) is 5.32. The highest BCUT2D eigenvalue weighted by atomic mass is 79.9.